The highest BCUT2D eigenvalue weighted by molar-refractivity contribution is 7.17. The molecule has 1 N–H and O–H groups in total. The number of pyridine rings is 1. The van der Waals surface area contributed by atoms with E-state index in [9.17, 15) is 0 Å². The molecular formula is C13H16N2S. The fraction of sp³-hybridized carbons (Fsp3) is 0.462. The summed E-state index contributed by atoms with van der Waals surface area (Å²) < 4.78 is 1.30. The van der Waals surface area contributed by atoms with Gasteiger partial charge in [0.2, 0.25) is 0 Å². The van der Waals surface area contributed by atoms with Gasteiger partial charge >= 0.3 is 0 Å². The minimum Gasteiger partial charge on any atom is -0.313 e. The second-order valence-corrected chi connectivity index (χ2v) is 5.48. The Hall–Kier alpha value is -0.930. The maximum absolute atomic E-state index is 4.52. The highest BCUT2D eigenvalue weighted by atomic mass is 32.1. The fourth-order valence-electron chi connectivity index (χ4n) is 2.48. The van der Waals surface area contributed by atoms with Crippen LogP contribution in [0.2, 0.25) is 0 Å². The third-order valence-electron chi connectivity index (χ3n) is 3.62. The molecule has 0 amide bonds. The molecule has 1 aliphatic carbocycles. The van der Waals surface area contributed by atoms with Gasteiger partial charge in [0, 0.05) is 12.2 Å². The van der Waals surface area contributed by atoms with Crippen molar-refractivity contribution in [2.45, 2.75) is 25.3 Å². The first-order valence-corrected chi connectivity index (χ1v) is 6.77. The quantitative estimate of drug-likeness (QED) is 0.877. The summed E-state index contributed by atoms with van der Waals surface area (Å²) in [7, 11) is 2.06. The van der Waals surface area contributed by atoms with Crippen molar-refractivity contribution < 1.29 is 0 Å². The summed E-state index contributed by atoms with van der Waals surface area (Å²) in [5, 5.41) is 5.55. The number of nitrogens with one attached hydrogen (secondary N) is 1. The first kappa shape index (κ1) is 10.2. The molecule has 3 heteroatoms. The normalized spacial score (nSPS) is 18.6. The highest BCUT2D eigenvalue weighted by Crippen LogP contribution is 2.38. The van der Waals surface area contributed by atoms with E-state index in [0.29, 0.717) is 6.04 Å². The molecule has 0 aromatic carbocycles. The van der Waals surface area contributed by atoms with Crippen LogP contribution >= 0.6 is 11.3 Å². The lowest BCUT2D eigenvalue weighted by molar-refractivity contribution is 0.239. The number of rotatable bonds is 3. The van der Waals surface area contributed by atoms with E-state index in [-0.39, 0.29) is 0 Å². The Bertz CT molecular complexity index is 487. The van der Waals surface area contributed by atoms with Crippen molar-refractivity contribution in [2.75, 3.05) is 7.05 Å². The Kier molecular flexibility index (Phi) is 2.65. The molecule has 0 saturated heterocycles. The van der Waals surface area contributed by atoms with Crippen LogP contribution < -0.4 is 5.32 Å². The van der Waals surface area contributed by atoms with Crippen LogP contribution in [-0.4, -0.2) is 12.0 Å². The van der Waals surface area contributed by atoms with Gasteiger partial charge in [-0.05, 0) is 48.9 Å². The molecule has 1 unspecified atom stereocenters. The minimum absolute atomic E-state index is 0.493. The summed E-state index contributed by atoms with van der Waals surface area (Å²) in [5.74, 6) is 0.809. The average Bonchev–Trinajstić information content (AvgIpc) is 2.69. The molecule has 1 fully saturated rings. The van der Waals surface area contributed by atoms with Crippen molar-refractivity contribution in [3.05, 3.63) is 29.3 Å². The Balaban J connectivity index is 1.95. The van der Waals surface area contributed by atoms with E-state index in [1.54, 1.807) is 11.3 Å². The second kappa shape index (κ2) is 4.15. The van der Waals surface area contributed by atoms with E-state index < -0.39 is 0 Å². The molecule has 16 heavy (non-hydrogen) atoms. The third kappa shape index (κ3) is 1.64. The summed E-state index contributed by atoms with van der Waals surface area (Å²) in [6, 6.07) is 4.88. The minimum atomic E-state index is 0.493. The van der Waals surface area contributed by atoms with Crippen molar-refractivity contribution in [1.82, 2.24) is 10.3 Å². The van der Waals surface area contributed by atoms with Gasteiger partial charge in [-0.1, -0.05) is 6.42 Å². The third-order valence-corrected chi connectivity index (χ3v) is 4.47. The lowest BCUT2D eigenvalue weighted by atomic mass is 9.77. The maximum Gasteiger partial charge on any atom is 0.0809 e. The number of thiophene rings is 1. The van der Waals surface area contributed by atoms with Crippen LogP contribution in [0.3, 0.4) is 0 Å². The van der Waals surface area contributed by atoms with Gasteiger partial charge in [-0.15, -0.1) is 11.3 Å². The second-order valence-electron chi connectivity index (χ2n) is 4.53. The van der Waals surface area contributed by atoms with Crippen molar-refractivity contribution in [3.63, 3.8) is 0 Å². The Morgan fingerprint density at radius 1 is 1.50 bits per heavy atom. The zero-order chi connectivity index (χ0) is 11.0. The molecule has 2 aromatic heterocycles. The predicted molar refractivity (Wildman–Crippen MR) is 68.8 cm³/mol. The summed E-state index contributed by atoms with van der Waals surface area (Å²) in [6.07, 6.45) is 6.13. The molecule has 0 spiro atoms. The number of nitrogens with zero attached hydrogens (tertiary/aromatic N) is 1. The molecule has 1 atom stereocenters. The van der Waals surface area contributed by atoms with Crippen LogP contribution in [0.25, 0.3) is 10.2 Å². The fourth-order valence-corrected chi connectivity index (χ4v) is 3.27. The summed E-state index contributed by atoms with van der Waals surface area (Å²) in [4.78, 5) is 4.52. The van der Waals surface area contributed by atoms with Crippen molar-refractivity contribution in [1.29, 1.82) is 0 Å². The van der Waals surface area contributed by atoms with Gasteiger partial charge in [0.25, 0.3) is 0 Å². The van der Waals surface area contributed by atoms with E-state index in [0.717, 1.165) is 11.4 Å². The summed E-state index contributed by atoms with van der Waals surface area (Å²) in [5.41, 5.74) is 2.47. The Morgan fingerprint density at radius 3 is 3.06 bits per heavy atom. The molecular weight excluding hydrogens is 216 g/mol. The van der Waals surface area contributed by atoms with E-state index in [1.165, 1.54) is 29.5 Å². The average molecular weight is 232 g/mol. The SMILES string of the molecule is CNC(c1cnc2ccsc2c1)C1CCC1. The predicted octanol–water partition coefficient (Wildman–Crippen LogP) is 3.36. The molecule has 2 aromatic rings. The highest BCUT2D eigenvalue weighted by Gasteiger charge is 2.27. The van der Waals surface area contributed by atoms with Gasteiger partial charge in [-0.3, -0.25) is 4.98 Å². The molecule has 2 nitrogen and oxygen atoms in total. The number of aromatic nitrogens is 1. The first-order valence-electron chi connectivity index (χ1n) is 5.89. The van der Waals surface area contributed by atoms with Gasteiger partial charge in [-0.25, -0.2) is 0 Å². The van der Waals surface area contributed by atoms with E-state index in [1.807, 2.05) is 6.20 Å². The van der Waals surface area contributed by atoms with Crippen molar-refractivity contribution >= 4 is 21.6 Å². The van der Waals surface area contributed by atoms with Crippen LogP contribution in [0.1, 0.15) is 30.9 Å². The molecule has 3 rings (SSSR count). The van der Waals surface area contributed by atoms with Gasteiger partial charge in [0.1, 0.15) is 0 Å². The molecule has 1 saturated carbocycles. The van der Waals surface area contributed by atoms with Gasteiger partial charge in [0.05, 0.1) is 10.2 Å². The van der Waals surface area contributed by atoms with E-state index >= 15 is 0 Å². The molecule has 2 heterocycles. The largest absolute Gasteiger partial charge is 0.313 e. The van der Waals surface area contributed by atoms with Crippen LogP contribution in [0.15, 0.2) is 23.7 Å². The first-order chi connectivity index (χ1) is 7.88. The number of fused-ring (bicyclic) bond motifs is 1. The van der Waals surface area contributed by atoms with Crippen LogP contribution in [-0.2, 0) is 0 Å². The lowest BCUT2D eigenvalue weighted by Gasteiger charge is -2.33. The Labute approximate surface area is 99.7 Å². The van der Waals surface area contributed by atoms with Gasteiger partial charge in [0.15, 0.2) is 0 Å². The van der Waals surface area contributed by atoms with Crippen LogP contribution in [0, 0.1) is 5.92 Å². The summed E-state index contributed by atoms with van der Waals surface area (Å²) >= 11 is 1.78. The zero-order valence-corrected chi connectivity index (χ0v) is 10.3. The molecule has 0 bridgehead atoms. The van der Waals surface area contributed by atoms with Crippen LogP contribution in [0.5, 0.6) is 0 Å². The molecule has 84 valence electrons. The smallest absolute Gasteiger partial charge is 0.0809 e. The Morgan fingerprint density at radius 2 is 2.38 bits per heavy atom. The van der Waals surface area contributed by atoms with E-state index in [2.05, 4.69) is 34.9 Å². The zero-order valence-electron chi connectivity index (χ0n) is 9.44. The maximum atomic E-state index is 4.52. The number of hydrogen-bond acceptors (Lipinski definition) is 3. The molecule has 0 radical (unpaired) electrons. The number of hydrogen-bond donors (Lipinski definition) is 1. The van der Waals surface area contributed by atoms with Gasteiger partial charge < -0.3 is 5.32 Å². The standard InChI is InChI=1S/C13H16N2S/c1-14-13(9-3-2-4-9)10-7-12-11(15-8-10)5-6-16-12/h5-9,13-14H,2-4H2,1H3. The van der Waals surface area contributed by atoms with Crippen molar-refractivity contribution in [2.24, 2.45) is 5.92 Å². The van der Waals surface area contributed by atoms with E-state index in [4.69, 9.17) is 0 Å². The monoisotopic (exact) mass is 232 g/mol. The molecule has 1 aliphatic rings. The lowest BCUT2D eigenvalue weighted by Crippen LogP contribution is -2.29. The van der Waals surface area contributed by atoms with Gasteiger partial charge in [-0.2, -0.15) is 0 Å². The van der Waals surface area contributed by atoms with Crippen molar-refractivity contribution in [3.8, 4) is 0 Å². The topological polar surface area (TPSA) is 24.9 Å². The van der Waals surface area contributed by atoms with Crippen LogP contribution in [0.4, 0.5) is 0 Å². The molecule has 0 aliphatic heterocycles. The summed E-state index contributed by atoms with van der Waals surface area (Å²) in [6.45, 7) is 0.